The van der Waals surface area contributed by atoms with Crippen molar-refractivity contribution in [3.8, 4) is 0 Å². The van der Waals surface area contributed by atoms with Crippen LogP contribution in [0.3, 0.4) is 0 Å². The van der Waals surface area contributed by atoms with E-state index in [4.69, 9.17) is 22.2 Å². The van der Waals surface area contributed by atoms with Gasteiger partial charge in [-0.3, -0.25) is 0 Å². The number of hydrogen-bond acceptors (Lipinski definition) is 0. The fourth-order valence-corrected chi connectivity index (χ4v) is 0. The lowest BCUT2D eigenvalue weighted by Gasteiger charge is -1.79. The minimum atomic E-state index is -1.00. The van der Waals surface area contributed by atoms with Crippen LogP contribution in [-0.4, -0.2) is 25.2 Å². The molecule has 0 atom stereocenters. The molecule has 0 nitrogen and oxygen atoms in total. The van der Waals surface area contributed by atoms with Gasteiger partial charge in [-0.2, -0.15) is 22.2 Å². The van der Waals surface area contributed by atoms with Gasteiger partial charge in [-0.25, -0.2) is 0 Å². The second kappa shape index (κ2) is 3.42. The summed E-state index contributed by atoms with van der Waals surface area (Å²) in [6.07, 6.45) is 0. The highest BCUT2D eigenvalue weighted by Crippen LogP contribution is 1.87. The first kappa shape index (κ1) is 6.23. The van der Waals surface area contributed by atoms with Crippen LogP contribution < -0.4 is 0 Å². The first-order valence-corrected chi connectivity index (χ1v) is 14.0. The fourth-order valence-electron chi connectivity index (χ4n) is 0. The molecule has 32 valence electrons. The van der Waals surface area contributed by atoms with Crippen molar-refractivity contribution < 1.29 is 0 Å². The second-order valence-electron chi connectivity index (χ2n) is 0.799. The highest BCUT2D eigenvalue weighted by Gasteiger charge is 1.92. The van der Waals surface area contributed by atoms with E-state index in [2.05, 4.69) is 0 Å². The summed E-state index contributed by atoms with van der Waals surface area (Å²) in [5.41, 5.74) is 0. The molecule has 0 amide bonds. The van der Waals surface area contributed by atoms with Crippen LogP contribution in [0.1, 0.15) is 0 Å². The molecule has 5 heteroatoms. The Balaban J connectivity index is 2.54. The molecule has 5 heavy (non-hydrogen) atoms. The molecule has 0 saturated heterocycles. The highest BCUT2D eigenvalue weighted by molar-refractivity contribution is 7.63. The summed E-state index contributed by atoms with van der Waals surface area (Å²) in [6.45, 7) is -1.00. The zero-order chi connectivity index (χ0) is 4.28. The zero-order valence-corrected chi connectivity index (χ0v) is 9.12. The van der Waals surface area contributed by atoms with E-state index in [0.29, 0.717) is 0 Å². The van der Waals surface area contributed by atoms with Crippen LogP contribution >= 0.6 is 22.2 Å². The standard InChI is InChI=1S/Cl2H6Si3/c1-5(2)4-3/h5H,4H2,3H3. The Morgan fingerprint density at radius 3 is 1.80 bits per heavy atom. The maximum atomic E-state index is 5.46. The first-order valence-electron chi connectivity index (χ1n) is 1.55. The van der Waals surface area contributed by atoms with Crippen LogP contribution in [-0.2, 0) is 0 Å². The average molecular weight is 161 g/mol. The number of hydrogen-bond donors (Lipinski definition) is 0. The molecule has 0 spiro atoms. The molecule has 0 heterocycles. The second-order valence-corrected chi connectivity index (χ2v) is 21.6. The van der Waals surface area contributed by atoms with Crippen molar-refractivity contribution >= 4 is 47.4 Å². The van der Waals surface area contributed by atoms with Gasteiger partial charge in [-0.15, -0.1) is 0 Å². The molecular weight excluding hydrogens is 155 g/mol. The molecule has 0 aromatic heterocycles. The summed E-state index contributed by atoms with van der Waals surface area (Å²) in [4.78, 5) is 0. The molecule has 0 rings (SSSR count). The fraction of sp³-hybridized carbons (Fsp3) is 0. The largest absolute Gasteiger partial charge is 0.214 e. The quantitative estimate of drug-likeness (QED) is 0.329. The smallest absolute Gasteiger partial charge is 0.155 e. The molecule has 0 aliphatic heterocycles. The van der Waals surface area contributed by atoms with Crippen LogP contribution in [0.4, 0.5) is 0 Å². The Kier molecular flexibility index (Phi) is 4.26. The Bertz CT molecular complexity index is 18.9. The maximum Gasteiger partial charge on any atom is 0.214 e. The van der Waals surface area contributed by atoms with E-state index in [9.17, 15) is 0 Å². The number of rotatable bonds is 1. The van der Waals surface area contributed by atoms with E-state index in [1.807, 2.05) is 0 Å². The highest BCUT2D eigenvalue weighted by atomic mass is 35.7. The number of halogens is 2. The summed E-state index contributed by atoms with van der Waals surface area (Å²) in [7, 11) is 1.47. The SMILES string of the molecule is [SiH3][SiH2][SiH](Cl)Cl. The molecule has 0 radical (unpaired) electrons. The van der Waals surface area contributed by atoms with Gasteiger partial charge in [0.25, 0.3) is 0 Å². The Morgan fingerprint density at radius 2 is 1.80 bits per heavy atom. The van der Waals surface area contributed by atoms with E-state index in [0.717, 1.165) is 0 Å². The van der Waals surface area contributed by atoms with Gasteiger partial charge < -0.3 is 0 Å². The van der Waals surface area contributed by atoms with Gasteiger partial charge in [0.05, 0.1) is 0 Å². The summed E-state index contributed by atoms with van der Waals surface area (Å²) < 4.78 is 0. The summed E-state index contributed by atoms with van der Waals surface area (Å²) in [6, 6.07) is 0. The van der Waals surface area contributed by atoms with Crippen molar-refractivity contribution in [3.05, 3.63) is 0 Å². The molecule has 0 aromatic rings. The van der Waals surface area contributed by atoms with Gasteiger partial charge in [0.2, 0.25) is 6.93 Å². The lowest BCUT2D eigenvalue weighted by atomic mass is 26.6. The van der Waals surface area contributed by atoms with Crippen LogP contribution in [0, 0.1) is 0 Å². The van der Waals surface area contributed by atoms with Crippen LogP contribution in [0.5, 0.6) is 0 Å². The molecule has 0 fully saturated rings. The molecule has 0 aliphatic carbocycles. The normalized spacial score (nSPS) is 12.6. The van der Waals surface area contributed by atoms with Gasteiger partial charge >= 0.3 is 0 Å². The lowest BCUT2D eigenvalue weighted by Crippen LogP contribution is -2.05. The average Bonchev–Trinajstić information content (AvgIpc) is 1.38. The summed E-state index contributed by atoms with van der Waals surface area (Å²) in [5, 5.41) is 0. The molecule has 0 aromatic carbocycles. The predicted octanol–water partition coefficient (Wildman–Crippen LogP) is -1.37. The van der Waals surface area contributed by atoms with Gasteiger partial charge in [0, 0.05) is 8.55 Å². The molecule has 0 unspecified atom stereocenters. The van der Waals surface area contributed by atoms with E-state index < -0.39 is 6.93 Å². The van der Waals surface area contributed by atoms with Gasteiger partial charge in [0.1, 0.15) is 0 Å². The minimum Gasteiger partial charge on any atom is -0.155 e. The summed E-state index contributed by atoms with van der Waals surface area (Å²) >= 11 is 10.9. The maximum absolute atomic E-state index is 5.46. The van der Waals surface area contributed by atoms with Crippen molar-refractivity contribution in [2.24, 2.45) is 0 Å². The third-order valence-corrected chi connectivity index (χ3v) is 25.0. The van der Waals surface area contributed by atoms with E-state index in [1.54, 1.807) is 0 Å². The summed E-state index contributed by atoms with van der Waals surface area (Å²) in [5.74, 6) is 0. The molecule has 0 aliphatic rings. The van der Waals surface area contributed by atoms with Crippen LogP contribution in [0.2, 0.25) is 0 Å². The predicted molar refractivity (Wildman–Crippen MR) is 37.3 cm³/mol. The molecule has 0 saturated carbocycles. The van der Waals surface area contributed by atoms with E-state index in [1.165, 1.54) is 9.76 Å². The Morgan fingerprint density at radius 1 is 1.60 bits per heavy atom. The van der Waals surface area contributed by atoms with Crippen molar-refractivity contribution in [2.45, 2.75) is 0 Å². The van der Waals surface area contributed by atoms with Crippen LogP contribution in [0.25, 0.3) is 0 Å². The van der Waals surface area contributed by atoms with Gasteiger partial charge in [-0.1, -0.05) is 0 Å². The van der Waals surface area contributed by atoms with Crippen molar-refractivity contribution in [1.29, 1.82) is 0 Å². The van der Waals surface area contributed by atoms with Crippen molar-refractivity contribution in [3.63, 3.8) is 0 Å². The third-order valence-electron chi connectivity index (χ3n) is 0.309. The van der Waals surface area contributed by atoms with Crippen LogP contribution in [0.15, 0.2) is 0 Å². The van der Waals surface area contributed by atoms with Gasteiger partial charge in [-0.05, 0) is 9.76 Å². The van der Waals surface area contributed by atoms with E-state index >= 15 is 0 Å². The van der Waals surface area contributed by atoms with Crippen molar-refractivity contribution in [1.82, 2.24) is 0 Å². The molecule has 0 bridgehead atoms. The van der Waals surface area contributed by atoms with Crippen molar-refractivity contribution in [2.75, 3.05) is 0 Å². The molecule has 0 N–H and O–H groups in total. The minimum absolute atomic E-state index is 0.157. The molecular formula is H6Cl2Si3. The van der Waals surface area contributed by atoms with E-state index in [-0.39, 0.29) is 8.55 Å². The monoisotopic (exact) mass is 160 g/mol. The lowest BCUT2D eigenvalue weighted by molar-refractivity contribution is 3.93. The van der Waals surface area contributed by atoms with Gasteiger partial charge in [0.15, 0.2) is 0 Å². The zero-order valence-electron chi connectivity index (χ0n) is 3.04. The topological polar surface area (TPSA) is 0 Å². The Hall–Kier alpha value is 1.23. The third kappa shape index (κ3) is 5.23. The Labute approximate surface area is 47.7 Å². The first-order chi connectivity index (χ1) is 2.27.